The molecule has 2 aliphatic rings. The molecule has 0 aliphatic heterocycles. The molecule has 2 rings (SSSR count). The lowest BCUT2D eigenvalue weighted by Crippen LogP contribution is -2.47. The van der Waals surface area contributed by atoms with Crippen molar-refractivity contribution in [3.8, 4) is 0 Å². The van der Waals surface area contributed by atoms with Crippen LogP contribution in [0.5, 0.6) is 0 Å². The van der Waals surface area contributed by atoms with E-state index in [2.05, 4.69) is 11.6 Å². The normalized spacial score (nSPS) is 37.9. The predicted octanol–water partition coefficient (Wildman–Crippen LogP) is 2.22. The maximum absolute atomic E-state index is 11.8. The van der Waals surface area contributed by atoms with Gasteiger partial charge in [-0.2, -0.15) is 11.8 Å². The quantitative estimate of drug-likeness (QED) is 0.863. The lowest BCUT2D eigenvalue weighted by Gasteiger charge is -2.32. The van der Waals surface area contributed by atoms with E-state index in [1.807, 2.05) is 11.8 Å². The molecule has 4 atom stereocenters. The maximum atomic E-state index is 11.8. The van der Waals surface area contributed by atoms with Gasteiger partial charge in [0, 0.05) is 23.6 Å². The van der Waals surface area contributed by atoms with Crippen LogP contribution < -0.4 is 5.32 Å². The van der Waals surface area contributed by atoms with E-state index in [0.29, 0.717) is 6.04 Å². The maximum Gasteiger partial charge on any atom is 0.151 e. The summed E-state index contributed by atoms with van der Waals surface area (Å²) >= 11 is 1.96. The van der Waals surface area contributed by atoms with Crippen molar-refractivity contribution >= 4 is 21.6 Å². The Bertz CT molecular complexity index is 369. The largest absolute Gasteiger partial charge is 0.310 e. The first kappa shape index (κ1) is 14.7. The highest BCUT2D eigenvalue weighted by Crippen LogP contribution is 2.30. The number of sulfone groups is 1. The standard InChI is InChI=1S/C13H25NO2S2/c1-17-11-6-3-5-10(9-11)14-12-7-4-8-13(12)18(2,15)16/h10-14H,3-9H2,1-2H3. The molecule has 2 fully saturated rings. The van der Waals surface area contributed by atoms with Crippen molar-refractivity contribution < 1.29 is 8.42 Å². The van der Waals surface area contributed by atoms with Crippen LogP contribution in [0.15, 0.2) is 0 Å². The molecule has 0 saturated heterocycles. The summed E-state index contributed by atoms with van der Waals surface area (Å²) in [6, 6.07) is 0.731. The Morgan fingerprint density at radius 3 is 2.50 bits per heavy atom. The average Bonchev–Trinajstić information content (AvgIpc) is 2.77. The van der Waals surface area contributed by atoms with Gasteiger partial charge in [0.05, 0.1) is 5.25 Å². The van der Waals surface area contributed by atoms with E-state index in [-0.39, 0.29) is 11.3 Å². The lowest BCUT2D eigenvalue weighted by molar-refractivity contribution is 0.343. The minimum atomic E-state index is -2.89. The molecular weight excluding hydrogens is 266 g/mol. The zero-order valence-electron chi connectivity index (χ0n) is 11.4. The molecule has 0 amide bonds. The van der Waals surface area contributed by atoms with Crippen molar-refractivity contribution in [3.05, 3.63) is 0 Å². The Balaban J connectivity index is 1.92. The summed E-state index contributed by atoms with van der Waals surface area (Å²) in [5.74, 6) is 0. The summed E-state index contributed by atoms with van der Waals surface area (Å²) in [5.41, 5.74) is 0. The van der Waals surface area contributed by atoms with Crippen LogP contribution in [-0.2, 0) is 9.84 Å². The van der Waals surface area contributed by atoms with Gasteiger partial charge in [-0.15, -0.1) is 0 Å². The van der Waals surface area contributed by atoms with Gasteiger partial charge >= 0.3 is 0 Å². The Morgan fingerprint density at radius 1 is 1.11 bits per heavy atom. The second kappa shape index (κ2) is 6.14. The Hall–Kier alpha value is 0.260. The van der Waals surface area contributed by atoms with Crippen LogP contribution in [-0.4, -0.2) is 43.5 Å². The van der Waals surface area contributed by atoms with Gasteiger partial charge in [-0.1, -0.05) is 12.8 Å². The molecular formula is C13H25NO2S2. The monoisotopic (exact) mass is 291 g/mol. The molecule has 0 heterocycles. The molecule has 0 bridgehead atoms. The van der Waals surface area contributed by atoms with E-state index in [1.54, 1.807) is 0 Å². The van der Waals surface area contributed by atoms with E-state index < -0.39 is 9.84 Å². The third-order valence-corrected chi connectivity index (χ3v) is 7.17. The number of rotatable bonds is 4. The van der Waals surface area contributed by atoms with E-state index in [1.165, 1.54) is 31.9 Å². The van der Waals surface area contributed by atoms with Gasteiger partial charge in [0.2, 0.25) is 0 Å². The van der Waals surface area contributed by atoms with Gasteiger partial charge in [-0.3, -0.25) is 0 Å². The number of hydrogen-bond acceptors (Lipinski definition) is 4. The topological polar surface area (TPSA) is 46.2 Å². The van der Waals surface area contributed by atoms with E-state index in [9.17, 15) is 8.42 Å². The van der Waals surface area contributed by atoms with Gasteiger partial charge in [-0.25, -0.2) is 8.42 Å². The van der Waals surface area contributed by atoms with Crippen molar-refractivity contribution in [3.63, 3.8) is 0 Å². The van der Waals surface area contributed by atoms with Gasteiger partial charge in [0.25, 0.3) is 0 Å². The second-order valence-electron chi connectivity index (χ2n) is 5.79. The number of thioether (sulfide) groups is 1. The molecule has 18 heavy (non-hydrogen) atoms. The lowest BCUT2D eigenvalue weighted by atomic mass is 9.94. The molecule has 1 N–H and O–H groups in total. The van der Waals surface area contributed by atoms with Gasteiger partial charge < -0.3 is 5.32 Å². The molecule has 4 unspecified atom stereocenters. The fraction of sp³-hybridized carbons (Fsp3) is 1.00. The van der Waals surface area contributed by atoms with Crippen LogP contribution in [0, 0.1) is 0 Å². The van der Waals surface area contributed by atoms with Gasteiger partial charge in [0.15, 0.2) is 9.84 Å². The van der Waals surface area contributed by atoms with Crippen molar-refractivity contribution in [2.24, 2.45) is 0 Å². The van der Waals surface area contributed by atoms with Crippen LogP contribution >= 0.6 is 11.8 Å². The highest BCUT2D eigenvalue weighted by atomic mass is 32.2. The molecule has 0 aromatic heterocycles. The Kier molecular flexibility index (Phi) is 5.00. The molecule has 0 spiro atoms. The molecule has 0 aromatic carbocycles. The van der Waals surface area contributed by atoms with E-state index in [0.717, 1.165) is 24.5 Å². The van der Waals surface area contributed by atoms with E-state index >= 15 is 0 Å². The van der Waals surface area contributed by atoms with E-state index in [4.69, 9.17) is 0 Å². The van der Waals surface area contributed by atoms with Gasteiger partial charge in [0.1, 0.15) is 0 Å². The van der Waals surface area contributed by atoms with Crippen molar-refractivity contribution in [2.45, 2.75) is 67.5 Å². The van der Waals surface area contributed by atoms with Crippen molar-refractivity contribution in [1.29, 1.82) is 0 Å². The van der Waals surface area contributed by atoms with Crippen LogP contribution in [0.1, 0.15) is 44.9 Å². The summed E-state index contributed by atoms with van der Waals surface area (Å²) in [7, 11) is -2.89. The smallest absolute Gasteiger partial charge is 0.151 e. The average molecular weight is 291 g/mol. The summed E-state index contributed by atoms with van der Waals surface area (Å²) in [4.78, 5) is 0. The predicted molar refractivity (Wildman–Crippen MR) is 79.0 cm³/mol. The number of hydrogen-bond donors (Lipinski definition) is 1. The highest BCUT2D eigenvalue weighted by molar-refractivity contribution is 7.99. The van der Waals surface area contributed by atoms with Crippen LogP contribution in [0.2, 0.25) is 0 Å². The molecule has 106 valence electrons. The first-order valence-electron chi connectivity index (χ1n) is 6.98. The number of nitrogens with one attached hydrogen (secondary N) is 1. The molecule has 5 heteroatoms. The highest BCUT2D eigenvalue weighted by Gasteiger charge is 2.36. The summed E-state index contributed by atoms with van der Waals surface area (Å²) in [6.07, 6.45) is 11.5. The fourth-order valence-corrected chi connectivity index (χ4v) is 5.68. The summed E-state index contributed by atoms with van der Waals surface area (Å²) in [6.45, 7) is 0. The Labute approximate surface area is 115 Å². The van der Waals surface area contributed by atoms with Crippen molar-refractivity contribution in [2.75, 3.05) is 12.5 Å². The zero-order valence-corrected chi connectivity index (χ0v) is 13.0. The summed E-state index contributed by atoms with van der Waals surface area (Å²) in [5, 5.41) is 4.26. The van der Waals surface area contributed by atoms with Crippen molar-refractivity contribution in [1.82, 2.24) is 5.32 Å². The minimum Gasteiger partial charge on any atom is -0.310 e. The van der Waals surface area contributed by atoms with Crippen LogP contribution in [0.3, 0.4) is 0 Å². The van der Waals surface area contributed by atoms with Crippen LogP contribution in [0.25, 0.3) is 0 Å². The van der Waals surface area contributed by atoms with Crippen LogP contribution in [0.4, 0.5) is 0 Å². The molecule has 2 aliphatic carbocycles. The second-order valence-corrected chi connectivity index (χ2v) is 9.20. The third kappa shape index (κ3) is 3.64. The molecule has 2 saturated carbocycles. The molecule has 0 aromatic rings. The Morgan fingerprint density at radius 2 is 1.83 bits per heavy atom. The summed E-state index contributed by atoms with van der Waals surface area (Å²) < 4.78 is 23.5. The first-order valence-corrected chi connectivity index (χ1v) is 10.2. The minimum absolute atomic E-state index is 0.146. The molecule has 3 nitrogen and oxygen atoms in total. The SMILES string of the molecule is CSC1CCCC(NC2CCCC2S(C)(=O)=O)C1. The zero-order chi connectivity index (χ0) is 13.2. The fourth-order valence-electron chi connectivity index (χ4n) is 3.44. The molecule has 0 radical (unpaired) electrons. The first-order chi connectivity index (χ1) is 8.50. The van der Waals surface area contributed by atoms with Gasteiger partial charge in [-0.05, 0) is 38.4 Å². The third-order valence-electron chi connectivity index (χ3n) is 4.41.